The molecule has 0 aliphatic carbocycles. The van der Waals surface area contributed by atoms with Crippen LogP contribution in [0.25, 0.3) is 0 Å². The van der Waals surface area contributed by atoms with Crippen molar-refractivity contribution in [1.29, 1.82) is 0 Å². The van der Waals surface area contributed by atoms with E-state index in [4.69, 9.17) is 11.6 Å². The largest absolute Gasteiger partial charge is 0.341 e. The van der Waals surface area contributed by atoms with Gasteiger partial charge in [-0.3, -0.25) is 4.79 Å². The third-order valence-electron chi connectivity index (χ3n) is 4.88. The van der Waals surface area contributed by atoms with E-state index in [0.29, 0.717) is 23.6 Å². The Morgan fingerprint density at radius 3 is 2.75 bits per heavy atom. The Balaban J connectivity index is 1.72. The predicted molar refractivity (Wildman–Crippen MR) is 108 cm³/mol. The van der Waals surface area contributed by atoms with Crippen LogP contribution >= 0.6 is 22.9 Å². The van der Waals surface area contributed by atoms with Crippen LogP contribution in [0.2, 0.25) is 5.02 Å². The second kappa shape index (κ2) is 8.49. The maximum Gasteiger partial charge on any atom is 0.252 e. The molecule has 1 aromatic carbocycles. The number of hydrogen-bond acceptors (Lipinski definition) is 4. The second-order valence-electron chi connectivity index (χ2n) is 6.96. The number of sulfonamides is 1. The van der Waals surface area contributed by atoms with Crippen molar-refractivity contribution in [2.75, 3.05) is 20.1 Å². The van der Waals surface area contributed by atoms with Crippen molar-refractivity contribution in [3.8, 4) is 0 Å². The van der Waals surface area contributed by atoms with E-state index in [9.17, 15) is 17.6 Å². The molecule has 3 rings (SSSR count). The first-order chi connectivity index (χ1) is 13.2. The Kier molecular flexibility index (Phi) is 6.44. The molecule has 1 amide bonds. The molecule has 0 radical (unpaired) electrons. The van der Waals surface area contributed by atoms with E-state index in [0.717, 1.165) is 4.88 Å². The van der Waals surface area contributed by atoms with Crippen LogP contribution in [0.15, 0.2) is 34.5 Å². The lowest BCUT2D eigenvalue weighted by Gasteiger charge is -2.33. The molecule has 28 heavy (non-hydrogen) atoms. The molecule has 1 aromatic heterocycles. The zero-order valence-electron chi connectivity index (χ0n) is 15.7. The molecule has 1 aliphatic rings. The number of carbonyl (C=O) groups excluding carboxylic acids is 1. The van der Waals surface area contributed by atoms with Crippen molar-refractivity contribution in [3.63, 3.8) is 0 Å². The predicted octanol–water partition coefficient (Wildman–Crippen LogP) is 3.91. The standard InChI is InChI=1S/C19H22ClFN2O3S2/c1-13-8-9-18(27-13)28(25,26)23-10-4-5-14(11-23)19(24)22(2)12-15-16(20)6-3-7-17(15)21/h3,6-9,14H,4-5,10-12H2,1-2H3. The summed E-state index contributed by atoms with van der Waals surface area (Å²) in [5.74, 6) is -1.13. The fourth-order valence-electron chi connectivity index (χ4n) is 3.35. The van der Waals surface area contributed by atoms with Crippen molar-refractivity contribution in [2.45, 2.75) is 30.5 Å². The molecule has 1 aliphatic heterocycles. The minimum Gasteiger partial charge on any atom is -0.341 e. The van der Waals surface area contributed by atoms with Gasteiger partial charge < -0.3 is 4.90 Å². The maximum absolute atomic E-state index is 14.0. The number of nitrogens with zero attached hydrogens (tertiary/aromatic N) is 2. The summed E-state index contributed by atoms with van der Waals surface area (Å²) in [4.78, 5) is 15.2. The van der Waals surface area contributed by atoms with Gasteiger partial charge in [0.15, 0.2) is 0 Å². The topological polar surface area (TPSA) is 57.7 Å². The van der Waals surface area contributed by atoms with Crippen LogP contribution in [0, 0.1) is 18.7 Å². The van der Waals surface area contributed by atoms with E-state index < -0.39 is 21.8 Å². The Hall–Kier alpha value is -1.48. The summed E-state index contributed by atoms with van der Waals surface area (Å²) in [5.41, 5.74) is 0.259. The Morgan fingerprint density at radius 1 is 1.36 bits per heavy atom. The van der Waals surface area contributed by atoms with Crippen molar-refractivity contribution < 1.29 is 17.6 Å². The number of rotatable bonds is 5. The molecule has 2 aromatic rings. The first kappa shape index (κ1) is 21.2. The molecule has 0 N–H and O–H groups in total. The van der Waals surface area contributed by atoms with E-state index in [2.05, 4.69) is 0 Å². The number of thiophene rings is 1. The number of piperidine rings is 1. The van der Waals surface area contributed by atoms with E-state index in [1.807, 2.05) is 6.92 Å². The molecule has 152 valence electrons. The summed E-state index contributed by atoms with van der Waals surface area (Å²) in [6, 6.07) is 7.77. The maximum atomic E-state index is 14.0. The fourth-order valence-corrected chi connectivity index (χ4v) is 6.53. The number of carbonyl (C=O) groups is 1. The molecule has 0 bridgehead atoms. The van der Waals surface area contributed by atoms with Crippen molar-refractivity contribution >= 4 is 38.9 Å². The smallest absolute Gasteiger partial charge is 0.252 e. The van der Waals surface area contributed by atoms with Gasteiger partial charge in [-0.25, -0.2) is 12.8 Å². The highest BCUT2D eigenvalue weighted by Gasteiger charge is 2.35. The van der Waals surface area contributed by atoms with Gasteiger partial charge in [0.1, 0.15) is 10.0 Å². The average Bonchev–Trinajstić information content (AvgIpc) is 3.11. The molecule has 9 heteroatoms. The summed E-state index contributed by atoms with van der Waals surface area (Å²) in [7, 11) is -2.02. The summed E-state index contributed by atoms with van der Waals surface area (Å²) >= 11 is 7.28. The monoisotopic (exact) mass is 444 g/mol. The summed E-state index contributed by atoms with van der Waals surface area (Å²) in [6.45, 7) is 2.42. The van der Waals surface area contributed by atoms with Crippen LogP contribution in [0.3, 0.4) is 0 Å². The van der Waals surface area contributed by atoms with Crippen LogP contribution in [0.4, 0.5) is 4.39 Å². The van der Waals surface area contributed by atoms with E-state index in [1.165, 1.54) is 32.7 Å². The quantitative estimate of drug-likeness (QED) is 0.702. The molecular formula is C19H22ClFN2O3S2. The fraction of sp³-hybridized carbons (Fsp3) is 0.421. The highest BCUT2D eigenvalue weighted by atomic mass is 35.5. The number of amides is 1. The summed E-state index contributed by atoms with van der Waals surface area (Å²) < 4.78 is 41.4. The minimum atomic E-state index is -3.61. The first-order valence-corrected chi connectivity index (χ1v) is 11.6. The Bertz CT molecular complexity index is 957. The summed E-state index contributed by atoms with van der Waals surface area (Å²) in [5, 5.41) is 0.264. The highest BCUT2D eigenvalue weighted by Crippen LogP contribution is 2.29. The zero-order chi connectivity index (χ0) is 20.5. The molecule has 1 fully saturated rings. The van der Waals surface area contributed by atoms with Gasteiger partial charge in [0.05, 0.1) is 5.92 Å². The van der Waals surface area contributed by atoms with Crippen LogP contribution in [-0.2, 0) is 21.4 Å². The molecular weight excluding hydrogens is 423 g/mol. The number of benzene rings is 1. The van der Waals surface area contributed by atoms with E-state index >= 15 is 0 Å². The summed E-state index contributed by atoms with van der Waals surface area (Å²) in [6.07, 6.45) is 1.21. The Morgan fingerprint density at radius 2 is 2.11 bits per heavy atom. The van der Waals surface area contributed by atoms with Crippen LogP contribution in [-0.4, -0.2) is 43.7 Å². The number of aryl methyl sites for hydroxylation is 1. The van der Waals surface area contributed by atoms with Gasteiger partial charge in [-0.15, -0.1) is 11.3 Å². The lowest BCUT2D eigenvalue weighted by atomic mass is 9.98. The zero-order valence-corrected chi connectivity index (χ0v) is 18.1. The molecule has 0 saturated carbocycles. The van der Waals surface area contributed by atoms with Gasteiger partial charge in [0, 0.05) is 42.1 Å². The van der Waals surface area contributed by atoms with Crippen molar-refractivity contribution in [1.82, 2.24) is 9.21 Å². The lowest BCUT2D eigenvalue weighted by molar-refractivity contribution is -0.135. The SMILES string of the molecule is Cc1ccc(S(=O)(=O)N2CCCC(C(=O)N(C)Cc3c(F)cccc3Cl)C2)s1. The molecule has 1 unspecified atom stereocenters. The van der Waals surface area contributed by atoms with Gasteiger partial charge in [-0.05, 0) is 44.0 Å². The number of halogens is 2. The lowest BCUT2D eigenvalue weighted by Crippen LogP contribution is -2.45. The molecule has 1 atom stereocenters. The number of hydrogen-bond donors (Lipinski definition) is 0. The minimum absolute atomic E-state index is 0.0394. The molecule has 0 spiro atoms. The first-order valence-electron chi connectivity index (χ1n) is 8.94. The van der Waals surface area contributed by atoms with Crippen molar-refractivity contribution in [3.05, 3.63) is 51.6 Å². The van der Waals surface area contributed by atoms with Crippen LogP contribution < -0.4 is 0 Å². The third kappa shape index (κ3) is 4.40. The van der Waals surface area contributed by atoms with Crippen molar-refractivity contribution in [2.24, 2.45) is 5.92 Å². The van der Waals surface area contributed by atoms with Gasteiger partial charge in [-0.1, -0.05) is 17.7 Å². The highest BCUT2D eigenvalue weighted by molar-refractivity contribution is 7.91. The average molecular weight is 445 g/mol. The van der Waals surface area contributed by atoms with Crippen LogP contribution in [0.1, 0.15) is 23.3 Å². The van der Waals surface area contributed by atoms with Gasteiger partial charge in [0.2, 0.25) is 5.91 Å². The molecule has 5 nitrogen and oxygen atoms in total. The van der Waals surface area contributed by atoms with Gasteiger partial charge in [-0.2, -0.15) is 4.31 Å². The molecule has 1 saturated heterocycles. The second-order valence-corrected chi connectivity index (χ2v) is 10.8. The molecule has 2 heterocycles. The van der Waals surface area contributed by atoms with Crippen LogP contribution in [0.5, 0.6) is 0 Å². The van der Waals surface area contributed by atoms with Gasteiger partial charge >= 0.3 is 0 Å². The van der Waals surface area contributed by atoms with Gasteiger partial charge in [0.25, 0.3) is 10.0 Å². The van der Waals surface area contributed by atoms with E-state index in [1.54, 1.807) is 25.2 Å². The normalized spacial score (nSPS) is 18.2. The van der Waals surface area contributed by atoms with E-state index in [-0.39, 0.29) is 29.6 Å². The third-order valence-corrected chi connectivity index (χ3v) is 8.56. The Labute approximate surface area is 173 Å².